The zero-order valence-corrected chi connectivity index (χ0v) is 26.0. The van der Waals surface area contributed by atoms with Crippen molar-refractivity contribution in [2.24, 2.45) is 0 Å². The topological polar surface area (TPSA) is 26.3 Å². The van der Waals surface area contributed by atoms with Crippen LogP contribution < -0.4 is 0 Å². The van der Waals surface area contributed by atoms with Gasteiger partial charge in [-0.2, -0.15) is 0 Å². The fourth-order valence-electron chi connectivity index (χ4n) is 7.77. The normalized spacial score (nSPS) is 12.3. The van der Waals surface area contributed by atoms with Crippen LogP contribution in [0.4, 0.5) is 0 Å². The summed E-state index contributed by atoms with van der Waals surface area (Å²) in [5.74, 6) is 0. The molecule has 0 unspecified atom stereocenters. The summed E-state index contributed by atoms with van der Waals surface area (Å²) in [6.45, 7) is 0. The van der Waals surface area contributed by atoms with Crippen molar-refractivity contribution in [3.8, 4) is 20.9 Å². The summed E-state index contributed by atoms with van der Waals surface area (Å²) in [5, 5.41) is 18.3. The molecule has 0 saturated carbocycles. The molecule has 7 aromatic carbocycles. The Balaban J connectivity index is 1.43. The molecular formula is C42H22O2S2. The maximum Gasteiger partial charge on any atom is 0.143 e. The Morgan fingerprint density at radius 3 is 1.22 bits per heavy atom. The highest BCUT2D eigenvalue weighted by Crippen LogP contribution is 2.50. The highest BCUT2D eigenvalue weighted by atomic mass is 32.1. The number of thiophene rings is 2. The molecule has 4 heteroatoms. The Kier molecular flexibility index (Phi) is 4.90. The van der Waals surface area contributed by atoms with Crippen molar-refractivity contribution in [2.45, 2.75) is 0 Å². The molecule has 214 valence electrons. The maximum atomic E-state index is 6.95. The van der Waals surface area contributed by atoms with Crippen LogP contribution in [-0.2, 0) is 0 Å². The molecule has 11 aromatic rings. The second kappa shape index (κ2) is 9.07. The second-order valence-corrected chi connectivity index (χ2v) is 13.9. The Hall–Kier alpha value is -5.42. The molecule has 11 rings (SSSR count). The largest absolute Gasteiger partial charge is 0.455 e. The smallest absolute Gasteiger partial charge is 0.143 e. The van der Waals surface area contributed by atoms with Crippen LogP contribution in [0.25, 0.3) is 108 Å². The third-order valence-electron chi connectivity index (χ3n) is 9.62. The first-order valence-electron chi connectivity index (χ1n) is 15.4. The molecule has 0 aliphatic rings. The van der Waals surface area contributed by atoms with Crippen LogP contribution in [0.1, 0.15) is 0 Å². The van der Waals surface area contributed by atoms with E-state index in [9.17, 15) is 0 Å². The lowest BCUT2D eigenvalue weighted by molar-refractivity contribution is 0.665. The van der Waals surface area contributed by atoms with Gasteiger partial charge in [0, 0.05) is 64.0 Å². The summed E-state index contributed by atoms with van der Waals surface area (Å²) >= 11 is 3.55. The number of hydrogen-bond donors (Lipinski definition) is 0. The SMILES string of the molecule is c1csc(-c2cc3c(oc4cccc5c4c3c3cccc4oc6c7ccccc7c(-c7cccs7)cc6c5c43)c3ccccc23)c1. The second-order valence-electron chi connectivity index (χ2n) is 12.0. The van der Waals surface area contributed by atoms with Crippen molar-refractivity contribution in [3.63, 3.8) is 0 Å². The number of fused-ring (bicyclic) bond motifs is 10. The minimum absolute atomic E-state index is 0.893. The lowest BCUT2D eigenvalue weighted by atomic mass is 9.88. The average Bonchev–Trinajstić information content (AvgIpc) is 3.85. The Labute approximate surface area is 270 Å². The molecule has 2 nitrogen and oxygen atoms in total. The Morgan fingerprint density at radius 1 is 0.348 bits per heavy atom. The van der Waals surface area contributed by atoms with E-state index in [-0.39, 0.29) is 0 Å². The van der Waals surface area contributed by atoms with Crippen LogP contribution in [0.3, 0.4) is 0 Å². The van der Waals surface area contributed by atoms with Crippen LogP contribution in [-0.4, -0.2) is 0 Å². The van der Waals surface area contributed by atoms with Crippen molar-refractivity contribution in [1.29, 1.82) is 0 Å². The summed E-state index contributed by atoms with van der Waals surface area (Å²) in [7, 11) is 0. The fraction of sp³-hybridized carbons (Fsp3) is 0. The molecule has 0 spiro atoms. The van der Waals surface area contributed by atoms with E-state index >= 15 is 0 Å². The van der Waals surface area contributed by atoms with E-state index in [1.807, 2.05) is 0 Å². The van der Waals surface area contributed by atoms with Gasteiger partial charge in [0.2, 0.25) is 0 Å². The van der Waals surface area contributed by atoms with Gasteiger partial charge in [-0.05, 0) is 68.7 Å². The standard InChI is InChI=1S/C42H22O2S2/c1-3-11-25-23(9-1)29(35-17-7-19-45-35)21-31-37-27-13-6-16-34-40(27)38(28-14-5-15-33(39(28)37)43-41(25)31)32-22-30(36-18-8-20-46-36)24-10-2-4-12-26(24)42(32)44-34/h1-22H. The molecule has 0 radical (unpaired) electrons. The van der Waals surface area contributed by atoms with Crippen molar-refractivity contribution >= 4 is 110 Å². The monoisotopic (exact) mass is 622 g/mol. The first kappa shape index (κ1) is 24.8. The van der Waals surface area contributed by atoms with E-state index in [0.717, 1.165) is 54.6 Å². The third-order valence-corrected chi connectivity index (χ3v) is 11.4. The molecule has 0 aliphatic carbocycles. The fourth-order valence-corrected chi connectivity index (χ4v) is 9.29. The van der Waals surface area contributed by atoms with Crippen LogP contribution in [0.5, 0.6) is 0 Å². The minimum Gasteiger partial charge on any atom is -0.455 e. The molecule has 0 atom stereocenters. The van der Waals surface area contributed by atoms with Gasteiger partial charge in [0.15, 0.2) is 0 Å². The lowest BCUT2D eigenvalue weighted by Gasteiger charge is -2.19. The zero-order valence-electron chi connectivity index (χ0n) is 24.3. The van der Waals surface area contributed by atoms with Crippen LogP contribution >= 0.6 is 22.7 Å². The highest BCUT2D eigenvalue weighted by molar-refractivity contribution is 7.14. The predicted octanol–water partition coefficient (Wildman–Crippen LogP) is 13.6. The number of benzene rings is 7. The van der Waals surface area contributed by atoms with Gasteiger partial charge in [0.1, 0.15) is 22.3 Å². The maximum absolute atomic E-state index is 6.95. The molecular weight excluding hydrogens is 601 g/mol. The lowest BCUT2D eigenvalue weighted by Crippen LogP contribution is -1.92. The summed E-state index contributed by atoms with van der Waals surface area (Å²) in [6, 6.07) is 43.7. The highest BCUT2D eigenvalue weighted by Gasteiger charge is 2.23. The first-order chi connectivity index (χ1) is 22.8. The summed E-state index contributed by atoms with van der Waals surface area (Å²) in [4.78, 5) is 2.50. The van der Waals surface area contributed by atoms with E-state index in [2.05, 4.69) is 132 Å². The van der Waals surface area contributed by atoms with Gasteiger partial charge in [-0.1, -0.05) is 84.9 Å². The minimum atomic E-state index is 0.893. The van der Waals surface area contributed by atoms with E-state index < -0.39 is 0 Å². The van der Waals surface area contributed by atoms with Gasteiger partial charge in [-0.15, -0.1) is 22.7 Å². The van der Waals surface area contributed by atoms with Crippen LogP contribution in [0, 0.1) is 0 Å². The molecule has 0 aliphatic heterocycles. The number of hydrogen-bond acceptors (Lipinski definition) is 4. The van der Waals surface area contributed by atoms with Gasteiger partial charge in [-0.25, -0.2) is 0 Å². The third kappa shape index (κ3) is 3.20. The molecule has 0 saturated heterocycles. The van der Waals surface area contributed by atoms with Crippen molar-refractivity contribution < 1.29 is 8.83 Å². The zero-order chi connectivity index (χ0) is 29.9. The molecule has 4 heterocycles. The van der Waals surface area contributed by atoms with Crippen LogP contribution in [0.2, 0.25) is 0 Å². The molecule has 4 aromatic heterocycles. The quantitative estimate of drug-likeness (QED) is 0.142. The summed E-state index contributed by atoms with van der Waals surface area (Å²) in [5.41, 5.74) is 6.08. The predicted molar refractivity (Wildman–Crippen MR) is 198 cm³/mol. The van der Waals surface area contributed by atoms with E-state index in [1.165, 1.54) is 53.2 Å². The number of rotatable bonds is 2. The van der Waals surface area contributed by atoms with Crippen molar-refractivity contribution in [1.82, 2.24) is 0 Å². The van der Waals surface area contributed by atoms with Gasteiger partial charge >= 0.3 is 0 Å². The van der Waals surface area contributed by atoms with E-state index in [4.69, 9.17) is 8.83 Å². The average molecular weight is 623 g/mol. The van der Waals surface area contributed by atoms with Crippen molar-refractivity contribution in [3.05, 3.63) is 132 Å². The van der Waals surface area contributed by atoms with Crippen molar-refractivity contribution in [2.75, 3.05) is 0 Å². The molecule has 0 amide bonds. The Bertz CT molecular complexity index is 2800. The summed E-state index contributed by atoms with van der Waals surface area (Å²) < 4.78 is 13.9. The van der Waals surface area contributed by atoms with E-state index in [0.29, 0.717) is 0 Å². The molecule has 0 bridgehead atoms. The molecule has 0 fully saturated rings. The van der Waals surface area contributed by atoms with Gasteiger partial charge in [0.05, 0.1) is 0 Å². The van der Waals surface area contributed by atoms with E-state index in [1.54, 1.807) is 22.7 Å². The van der Waals surface area contributed by atoms with Gasteiger partial charge in [0.25, 0.3) is 0 Å². The molecule has 0 N–H and O–H groups in total. The Morgan fingerprint density at radius 2 is 0.783 bits per heavy atom. The van der Waals surface area contributed by atoms with Crippen LogP contribution in [0.15, 0.2) is 141 Å². The summed E-state index contributed by atoms with van der Waals surface area (Å²) in [6.07, 6.45) is 0. The molecule has 46 heavy (non-hydrogen) atoms. The first-order valence-corrected chi connectivity index (χ1v) is 17.2. The van der Waals surface area contributed by atoms with Gasteiger partial charge in [-0.3, -0.25) is 0 Å². The van der Waals surface area contributed by atoms with Gasteiger partial charge < -0.3 is 8.83 Å².